The van der Waals surface area contributed by atoms with Crippen LogP contribution >= 0.6 is 0 Å². The molecule has 0 saturated heterocycles. The lowest BCUT2D eigenvalue weighted by Gasteiger charge is -2.22. The first-order chi connectivity index (χ1) is 16.1. The molecule has 3 aromatic carbocycles. The third-order valence-corrected chi connectivity index (χ3v) is 6.26. The fraction of sp³-hybridized carbons (Fsp3) is 0.286. The summed E-state index contributed by atoms with van der Waals surface area (Å²) in [5.41, 5.74) is 5.48. The largest absolute Gasteiger partial charge is 0.484 e. The van der Waals surface area contributed by atoms with E-state index >= 15 is 0 Å². The summed E-state index contributed by atoms with van der Waals surface area (Å²) in [5.74, 6) is 1.72. The van der Waals surface area contributed by atoms with Crippen molar-refractivity contribution in [3.05, 3.63) is 77.9 Å². The van der Waals surface area contributed by atoms with E-state index in [2.05, 4.69) is 22.4 Å². The van der Waals surface area contributed by atoms with E-state index in [-0.39, 0.29) is 12.5 Å². The Hall–Kier alpha value is -3.60. The molecule has 1 aliphatic carbocycles. The molecular weight excluding hydrogens is 412 g/mol. The van der Waals surface area contributed by atoms with Crippen molar-refractivity contribution in [2.75, 3.05) is 11.9 Å². The van der Waals surface area contributed by atoms with Gasteiger partial charge in [-0.05, 0) is 73.7 Å². The molecule has 5 nitrogen and oxygen atoms in total. The molecule has 1 heterocycles. The average Bonchev–Trinajstić information content (AvgIpc) is 3.27. The fourth-order valence-corrected chi connectivity index (χ4v) is 4.52. The second-order valence-electron chi connectivity index (χ2n) is 8.81. The van der Waals surface area contributed by atoms with Gasteiger partial charge in [0, 0.05) is 11.3 Å². The molecule has 0 bridgehead atoms. The molecule has 4 aromatic rings. The topological polar surface area (TPSA) is 64.4 Å². The number of fused-ring (bicyclic) bond motifs is 1. The SMILES string of the molecule is Cc1cccc(-c2nc3cc(NC(=O)COc4ccc(C5CCCCC5)cc4)ccc3o2)c1. The van der Waals surface area contributed by atoms with E-state index < -0.39 is 0 Å². The van der Waals surface area contributed by atoms with Gasteiger partial charge in [0.1, 0.15) is 11.3 Å². The lowest BCUT2D eigenvalue weighted by atomic mass is 9.84. The first kappa shape index (κ1) is 21.3. The molecular formula is C28H28N2O3. The van der Waals surface area contributed by atoms with Gasteiger partial charge in [-0.3, -0.25) is 4.79 Å². The smallest absolute Gasteiger partial charge is 0.262 e. The van der Waals surface area contributed by atoms with Crippen LogP contribution in [0, 0.1) is 6.92 Å². The van der Waals surface area contributed by atoms with Crippen molar-refractivity contribution in [3.8, 4) is 17.2 Å². The second-order valence-corrected chi connectivity index (χ2v) is 8.81. The number of anilines is 1. The summed E-state index contributed by atoms with van der Waals surface area (Å²) in [6, 6.07) is 21.7. The molecule has 1 aliphatic rings. The van der Waals surface area contributed by atoms with Crippen LogP contribution in [0.1, 0.15) is 49.1 Å². The maximum atomic E-state index is 12.4. The Kier molecular flexibility index (Phi) is 6.11. The monoisotopic (exact) mass is 440 g/mol. The predicted octanol–water partition coefficient (Wildman–Crippen LogP) is 6.87. The van der Waals surface area contributed by atoms with Crippen LogP contribution in [0.15, 0.2) is 71.1 Å². The maximum absolute atomic E-state index is 12.4. The van der Waals surface area contributed by atoms with Crippen LogP contribution in [0.2, 0.25) is 0 Å². The van der Waals surface area contributed by atoms with Crippen molar-refractivity contribution in [1.29, 1.82) is 0 Å². The number of nitrogens with one attached hydrogen (secondary N) is 1. The summed E-state index contributed by atoms with van der Waals surface area (Å²) in [4.78, 5) is 17.0. The van der Waals surface area contributed by atoms with Crippen LogP contribution in [0.4, 0.5) is 5.69 Å². The van der Waals surface area contributed by atoms with E-state index in [1.807, 2.05) is 61.5 Å². The van der Waals surface area contributed by atoms with E-state index in [1.165, 1.54) is 37.7 Å². The van der Waals surface area contributed by atoms with E-state index in [4.69, 9.17) is 9.15 Å². The number of hydrogen-bond donors (Lipinski definition) is 1. The van der Waals surface area contributed by atoms with Gasteiger partial charge in [0.15, 0.2) is 12.2 Å². The Morgan fingerprint density at radius 2 is 1.85 bits per heavy atom. The number of nitrogens with zero attached hydrogens (tertiary/aromatic N) is 1. The summed E-state index contributed by atoms with van der Waals surface area (Å²) in [5, 5.41) is 2.88. The van der Waals surface area contributed by atoms with Crippen LogP contribution in [0.5, 0.6) is 5.75 Å². The molecule has 1 amide bonds. The summed E-state index contributed by atoms with van der Waals surface area (Å²) < 4.78 is 11.6. The zero-order valence-corrected chi connectivity index (χ0v) is 18.8. The van der Waals surface area contributed by atoms with Crippen molar-refractivity contribution in [2.24, 2.45) is 0 Å². The van der Waals surface area contributed by atoms with Gasteiger partial charge in [-0.1, -0.05) is 49.1 Å². The van der Waals surface area contributed by atoms with E-state index in [0.29, 0.717) is 34.3 Å². The van der Waals surface area contributed by atoms with Crippen LogP contribution in [-0.2, 0) is 4.79 Å². The highest BCUT2D eigenvalue weighted by Crippen LogP contribution is 2.33. The van der Waals surface area contributed by atoms with Crippen LogP contribution in [0.25, 0.3) is 22.6 Å². The van der Waals surface area contributed by atoms with Gasteiger partial charge in [0.2, 0.25) is 5.89 Å². The first-order valence-electron chi connectivity index (χ1n) is 11.6. The number of carbonyl (C=O) groups is 1. The number of aromatic nitrogens is 1. The van der Waals surface area contributed by atoms with Crippen molar-refractivity contribution in [2.45, 2.75) is 44.9 Å². The molecule has 1 aromatic heterocycles. The fourth-order valence-electron chi connectivity index (χ4n) is 4.52. The third-order valence-electron chi connectivity index (χ3n) is 6.26. The van der Waals surface area contributed by atoms with Gasteiger partial charge in [0.25, 0.3) is 5.91 Å². The average molecular weight is 441 g/mol. The molecule has 1 saturated carbocycles. The van der Waals surface area contributed by atoms with E-state index in [0.717, 1.165) is 11.1 Å². The van der Waals surface area contributed by atoms with Crippen LogP contribution in [-0.4, -0.2) is 17.5 Å². The quantitative estimate of drug-likeness (QED) is 0.355. The molecule has 0 aliphatic heterocycles. The Balaban J connectivity index is 1.19. The molecule has 0 radical (unpaired) electrons. The Bertz CT molecular complexity index is 1250. The summed E-state index contributed by atoms with van der Waals surface area (Å²) in [6.07, 6.45) is 6.52. The standard InChI is InChI=1S/C28H28N2O3/c1-19-6-5-9-22(16-19)28-30-25-17-23(12-15-26(25)33-28)29-27(31)18-32-24-13-10-21(11-14-24)20-7-3-2-4-8-20/h5-6,9-17,20H,2-4,7-8,18H2,1H3,(H,29,31). The molecule has 0 unspecified atom stereocenters. The lowest BCUT2D eigenvalue weighted by molar-refractivity contribution is -0.118. The van der Waals surface area contributed by atoms with Crippen LogP contribution < -0.4 is 10.1 Å². The Labute approximate surface area is 193 Å². The second kappa shape index (κ2) is 9.49. The van der Waals surface area contributed by atoms with Gasteiger partial charge in [-0.25, -0.2) is 4.98 Å². The molecule has 1 fully saturated rings. The van der Waals surface area contributed by atoms with Gasteiger partial charge < -0.3 is 14.5 Å². The highest BCUT2D eigenvalue weighted by molar-refractivity contribution is 5.94. The maximum Gasteiger partial charge on any atom is 0.262 e. The molecule has 168 valence electrons. The number of oxazole rings is 1. The number of aryl methyl sites for hydroxylation is 1. The molecule has 1 N–H and O–H groups in total. The first-order valence-corrected chi connectivity index (χ1v) is 11.6. The van der Waals surface area contributed by atoms with Crippen molar-refractivity contribution in [1.82, 2.24) is 4.98 Å². The van der Waals surface area contributed by atoms with Crippen molar-refractivity contribution in [3.63, 3.8) is 0 Å². The highest BCUT2D eigenvalue weighted by Gasteiger charge is 2.15. The van der Waals surface area contributed by atoms with Crippen molar-refractivity contribution >= 4 is 22.7 Å². The number of carbonyl (C=O) groups excluding carboxylic acids is 1. The normalized spacial score (nSPS) is 14.3. The number of rotatable bonds is 6. The minimum Gasteiger partial charge on any atom is -0.484 e. The zero-order valence-electron chi connectivity index (χ0n) is 18.8. The zero-order chi connectivity index (χ0) is 22.6. The van der Waals surface area contributed by atoms with Gasteiger partial charge in [-0.15, -0.1) is 0 Å². The minimum atomic E-state index is -0.215. The Morgan fingerprint density at radius 1 is 1.03 bits per heavy atom. The summed E-state index contributed by atoms with van der Waals surface area (Å²) in [7, 11) is 0. The molecule has 5 heteroatoms. The number of ether oxygens (including phenoxy) is 1. The third kappa shape index (κ3) is 5.08. The van der Waals surface area contributed by atoms with Gasteiger partial charge >= 0.3 is 0 Å². The highest BCUT2D eigenvalue weighted by atomic mass is 16.5. The van der Waals surface area contributed by atoms with Crippen LogP contribution in [0.3, 0.4) is 0 Å². The lowest BCUT2D eigenvalue weighted by Crippen LogP contribution is -2.20. The van der Waals surface area contributed by atoms with Gasteiger partial charge in [-0.2, -0.15) is 0 Å². The summed E-state index contributed by atoms with van der Waals surface area (Å²) in [6.45, 7) is 1.99. The summed E-state index contributed by atoms with van der Waals surface area (Å²) >= 11 is 0. The van der Waals surface area contributed by atoms with E-state index in [1.54, 1.807) is 0 Å². The predicted molar refractivity (Wildman–Crippen MR) is 131 cm³/mol. The molecule has 5 rings (SSSR count). The number of benzene rings is 3. The van der Waals surface area contributed by atoms with Crippen molar-refractivity contribution < 1.29 is 13.9 Å². The number of amides is 1. The minimum absolute atomic E-state index is 0.0475. The van der Waals surface area contributed by atoms with E-state index in [9.17, 15) is 4.79 Å². The molecule has 0 atom stereocenters. The Morgan fingerprint density at radius 3 is 2.64 bits per heavy atom. The number of hydrogen-bond acceptors (Lipinski definition) is 4. The molecule has 33 heavy (non-hydrogen) atoms. The van der Waals surface area contributed by atoms with Gasteiger partial charge in [0.05, 0.1) is 0 Å². The molecule has 0 spiro atoms.